The minimum absolute atomic E-state index is 0.198. The number of aliphatic hydroxyl groups excluding tert-OH is 1. The van der Waals surface area contributed by atoms with Crippen LogP contribution in [0.1, 0.15) is 31.1 Å². The average Bonchev–Trinajstić information content (AvgIpc) is 2.37. The van der Waals surface area contributed by atoms with Crippen LogP contribution in [0.2, 0.25) is 0 Å². The van der Waals surface area contributed by atoms with E-state index in [1.165, 1.54) is 23.1 Å². The van der Waals surface area contributed by atoms with E-state index in [0.717, 1.165) is 0 Å². The number of nitrogens with zero attached hydrogens (tertiary/aromatic N) is 2. The average molecular weight is 295 g/mol. The van der Waals surface area contributed by atoms with Gasteiger partial charge in [0.05, 0.1) is 16.6 Å². The smallest absolute Gasteiger partial charge is 0.293 e. The fourth-order valence-corrected chi connectivity index (χ4v) is 1.63. The lowest BCUT2D eigenvalue weighted by Gasteiger charge is -2.30. The predicted octanol–water partition coefficient (Wildman–Crippen LogP) is 1.87. The van der Waals surface area contributed by atoms with Crippen LogP contribution in [0.4, 0.5) is 11.4 Å². The van der Waals surface area contributed by atoms with Crippen molar-refractivity contribution in [3.05, 3.63) is 33.9 Å². The van der Waals surface area contributed by atoms with Gasteiger partial charge in [0.25, 0.3) is 11.6 Å². The molecule has 0 saturated carbocycles. The molecule has 0 aliphatic heterocycles. The molecule has 0 bridgehead atoms. The summed E-state index contributed by atoms with van der Waals surface area (Å²) in [7, 11) is 3.16. The number of benzene rings is 1. The third-order valence-electron chi connectivity index (χ3n) is 3.35. The van der Waals surface area contributed by atoms with Crippen LogP contribution in [0.25, 0.3) is 0 Å². The molecule has 0 spiro atoms. The minimum Gasteiger partial charge on any atom is -0.391 e. The summed E-state index contributed by atoms with van der Waals surface area (Å²) in [5.41, 5.74) is -0.428. The first-order valence-corrected chi connectivity index (χ1v) is 6.52. The number of rotatable bonds is 5. The molecule has 116 valence electrons. The number of nitrogens with one attached hydrogen (secondary N) is 1. The molecule has 0 aliphatic carbocycles. The zero-order valence-corrected chi connectivity index (χ0v) is 12.9. The molecule has 1 aromatic rings. The molecular formula is C14H21N3O4. The van der Waals surface area contributed by atoms with Gasteiger partial charge in [-0.05, 0) is 32.9 Å². The van der Waals surface area contributed by atoms with E-state index >= 15 is 0 Å². The van der Waals surface area contributed by atoms with Crippen LogP contribution in [-0.2, 0) is 0 Å². The van der Waals surface area contributed by atoms with Gasteiger partial charge < -0.3 is 15.3 Å². The first kappa shape index (κ1) is 16.9. The number of nitro groups is 1. The summed E-state index contributed by atoms with van der Waals surface area (Å²) in [6.07, 6.45) is -0.708. The molecule has 1 rings (SSSR count). The van der Waals surface area contributed by atoms with E-state index in [1.807, 2.05) is 0 Å². The second-order valence-electron chi connectivity index (χ2n) is 5.71. The topological polar surface area (TPSA) is 95.7 Å². The molecule has 7 heteroatoms. The highest BCUT2D eigenvalue weighted by Crippen LogP contribution is 2.29. The van der Waals surface area contributed by atoms with E-state index in [4.69, 9.17) is 0 Å². The molecule has 21 heavy (non-hydrogen) atoms. The van der Waals surface area contributed by atoms with Gasteiger partial charge in [-0.3, -0.25) is 14.9 Å². The van der Waals surface area contributed by atoms with Crippen molar-refractivity contribution in [3.63, 3.8) is 0 Å². The van der Waals surface area contributed by atoms with Gasteiger partial charge in [-0.1, -0.05) is 0 Å². The Labute approximate surface area is 123 Å². The molecule has 1 aromatic carbocycles. The fourth-order valence-electron chi connectivity index (χ4n) is 1.63. The summed E-state index contributed by atoms with van der Waals surface area (Å²) >= 11 is 0. The van der Waals surface area contributed by atoms with E-state index in [-0.39, 0.29) is 22.8 Å². The van der Waals surface area contributed by atoms with Crippen LogP contribution in [-0.4, -0.2) is 46.6 Å². The van der Waals surface area contributed by atoms with Crippen LogP contribution in [0.5, 0.6) is 0 Å². The highest BCUT2D eigenvalue weighted by atomic mass is 16.6. The first-order valence-electron chi connectivity index (χ1n) is 6.52. The maximum atomic E-state index is 11.9. The van der Waals surface area contributed by atoms with Crippen molar-refractivity contribution in [1.29, 1.82) is 0 Å². The Hall–Kier alpha value is -2.15. The number of amides is 1. The van der Waals surface area contributed by atoms with Crippen LogP contribution < -0.4 is 5.32 Å². The quantitative estimate of drug-likeness (QED) is 0.638. The van der Waals surface area contributed by atoms with Crippen molar-refractivity contribution in [3.8, 4) is 0 Å². The van der Waals surface area contributed by atoms with Gasteiger partial charge in [-0.25, -0.2) is 0 Å². The molecule has 1 unspecified atom stereocenters. The number of carbonyl (C=O) groups is 1. The number of nitro benzene ring substituents is 1. The van der Waals surface area contributed by atoms with Crippen molar-refractivity contribution in [2.45, 2.75) is 32.4 Å². The van der Waals surface area contributed by atoms with Gasteiger partial charge in [0.2, 0.25) is 0 Å². The van der Waals surface area contributed by atoms with Crippen molar-refractivity contribution < 1.29 is 14.8 Å². The van der Waals surface area contributed by atoms with E-state index in [2.05, 4.69) is 5.32 Å². The summed E-state index contributed by atoms with van der Waals surface area (Å²) in [5, 5.41) is 23.8. The molecule has 0 aromatic heterocycles. The Balaban J connectivity index is 3.23. The Morgan fingerprint density at radius 3 is 2.43 bits per heavy atom. The Morgan fingerprint density at radius 2 is 2.00 bits per heavy atom. The molecule has 0 saturated heterocycles. The zero-order valence-electron chi connectivity index (χ0n) is 12.9. The molecular weight excluding hydrogens is 274 g/mol. The molecule has 2 N–H and O–H groups in total. The van der Waals surface area contributed by atoms with E-state index in [9.17, 15) is 20.0 Å². The monoisotopic (exact) mass is 295 g/mol. The predicted molar refractivity (Wildman–Crippen MR) is 80.5 cm³/mol. The number of hydrogen-bond donors (Lipinski definition) is 2. The second kappa shape index (κ2) is 6.09. The molecule has 1 atom stereocenters. The summed E-state index contributed by atoms with van der Waals surface area (Å²) in [4.78, 5) is 23.9. The normalized spacial score (nSPS) is 12.7. The van der Waals surface area contributed by atoms with Crippen molar-refractivity contribution in [2.75, 3.05) is 19.4 Å². The van der Waals surface area contributed by atoms with E-state index in [0.29, 0.717) is 0 Å². The SMILES string of the molecule is CC(O)C(C)(C)Nc1ccc(C(=O)N(C)C)cc1[N+](=O)[O-]. The molecule has 0 radical (unpaired) electrons. The third kappa shape index (κ3) is 3.91. The maximum Gasteiger partial charge on any atom is 0.293 e. The largest absolute Gasteiger partial charge is 0.391 e. The molecule has 0 heterocycles. The first-order chi connectivity index (χ1) is 9.56. The second-order valence-corrected chi connectivity index (χ2v) is 5.71. The van der Waals surface area contributed by atoms with Gasteiger partial charge in [0.15, 0.2) is 0 Å². The Morgan fingerprint density at radius 1 is 1.43 bits per heavy atom. The van der Waals surface area contributed by atoms with Crippen LogP contribution in [0.3, 0.4) is 0 Å². The lowest BCUT2D eigenvalue weighted by molar-refractivity contribution is -0.384. The number of carbonyl (C=O) groups excluding carboxylic acids is 1. The molecule has 1 amide bonds. The fraction of sp³-hybridized carbons (Fsp3) is 0.500. The summed E-state index contributed by atoms with van der Waals surface area (Å²) in [6.45, 7) is 5.07. The summed E-state index contributed by atoms with van der Waals surface area (Å²) in [5.74, 6) is -0.306. The van der Waals surface area contributed by atoms with Gasteiger partial charge in [-0.15, -0.1) is 0 Å². The van der Waals surface area contributed by atoms with E-state index < -0.39 is 16.6 Å². The van der Waals surface area contributed by atoms with Gasteiger partial charge in [-0.2, -0.15) is 0 Å². The third-order valence-corrected chi connectivity index (χ3v) is 3.35. The highest BCUT2D eigenvalue weighted by molar-refractivity contribution is 5.95. The summed E-state index contributed by atoms with van der Waals surface area (Å²) < 4.78 is 0. The van der Waals surface area contributed by atoms with Crippen LogP contribution in [0, 0.1) is 10.1 Å². The minimum atomic E-state index is -0.738. The van der Waals surface area contributed by atoms with Gasteiger partial charge >= 0.3 is 0 Å². The molecule has 7 nitrogen and oxygen atoms in total. The van der Waals surface area contributed by atoms with E-state index in [1.54, 1.807) is 34.9 Å². The van der Waals surface area contributed by atoms with Crippen molar-refractivity contribution in [1.82, 2.24) is 4.90 Å². The van der Waals surface area contributed by atoms with Crippen LogP contribution in [0.15, 0.2) is 18.2 Å². The lowest BCUT2D eigenvalue weighted by Crippen LogP contribution is -2.42. The van der Waals surface area contributed by atoms with Crippen molar-refractivity contribution in [2.24, 2.45) is 0 Å². The van der Waals surface area contributed by atoms with Crippen molar-refractivity contribution >= 4 is 17.3 Å². The standard InChI is InChI=1S/C14H21N3O4/c1-9(18)14(2,3)15-11-7-6-10(13(19)16(4)5)8-12(11)17(20)21/h6-9,15,18H,1-5H3. The molecule has 0 aliphatic rings. The lowest BCUT2D eigenvalue weighted by atomic mass is 9.98. The van der Waals surface area contributed by atoms with Gasteiger partial charge in [0.1, 0.15) is 5.69 Å². The summed E-state index contributed by atoms with van der Waals surface area (Å²) in [6, 6.07) is 4.25. The van der Waals surface area contributed by atoms with Crippen LogP contribution >= 0.6 is 0 Å². The van der Waals surface area contributed by atoms with Gasteiger partial charge in [0, 0.05) is 25.7 Å². The number of aliphatic hydroxyl groups is 1. The Bertz CT molecular complexity index is 553. The Kier molecular flexibility index (Phi) is 4.90. The number of anilines is 1. The highest BCUT2D eigenvalue weighted by Gasteiger charge is 2.27. The zero-order chi connectivity index (χ0) is 16.4. The number of hydrogen-bond acceptors (Lipinski definition) is 5. The molecule has 0 fully saturated rings. The maximum absolute atomic E-state index is 11.9.